The van der Waals surface area contributed by atoms with Crippen LogP contribution in [0.1, 0.15) is 45.7 Å². The molecule has 1 aromatic carbocycles. The minimum absolute atomic E-state index is 0.0232. The number of allylic oxidation sites excluding steroid dienone is 2. The van der Waals surface area contributed by atoms with Crippen molar-refractivity contribution in [1.29, 1.82) is 0 Å². The third-order valence-corrected chi connectivity index (χ3v) is 4.03. The standard InChI is InChI=1S/C19H23FO4/c1-10(2)14-9-19(4,5)24-16-8-15(23-6)12(7-13(14)16)11(3)17(20)18(21)22/h7-10H,1-6H3,(H,21,22)/b17-11+. The highest BCUT2D eigenvalue weighted by molar-refractivity contribution is 5.95. The van der Waals surface area contributed by atoms with E-state index in [0.717, 1.165) is 11.1 Å². The number of benzene rings is 1. The first-order valence-corrected chi connectivity index (χ1v) is 7.81. The van der Waals surface area contributed by atoms with Crippen molar-refractivity contribution in [2.45, 2.75) is 40.2 Å². The summed E-state index contributed by atoms with van der Waals surface area (Å²) in [5, 5.41) is 8.91. The fourth-order valence-corrected chi connectivity index (χ4v) is 2.85. The fraction of sp³-hybridized carbons (Fsp3) is 0.421. The predicted molar refractivity (Wildman–Crippen MR) is 91.9 cm³/mol. The Morgan fingerprint density at radius 2 is 1.96 bits per heavy atom. The maximum absolute atomic E-state index is 13.9. The first-order valence-electron chi connectivity index (χ1n) is 7.81. The zero-order valence-electron chi connectivity index (χ0n) is 14.9. The topological polar surface area (TPSA) is 55.8 Å². The Hall–Kier alpha value is -2.30. The number of carbonyl (C=O) groups is 1. The first-order chi connectivity index (χ1) is 11.1. The van der Waals surface area contributed by atoms with Crippen molar-refractivity contribution in [2.75, 3.05) is 7.11 Å². The van der Waals surface area contributed by atoms with Gasteiger partial charge in [-0.25, -0.2) is 4.79 Å². The predicted octanol–water partition coefficient (Wildman–Crippen LogP) is 4.69. The van der Waals surface area contributed by atoms with Crippen LogP contribution in [0.25, 0.3) is 11.1 Å². The SMILES string of the molecule is COc1cc2c(cc1/C(C)=C(/F)C(=O)O)C(C(C)C)=CC(C)(C)O2. The molecule has 1 aliphatic rings. The minimum Gasteiger partial charge on any atom is -0.496 e. The highest BCUT2D eigenvalue weighted by Gasteiger charge is 2.29. The van der Waals surface area contributed by atoms with Crippen LogP contribution in [0.5, 0.6) is 11.5 Å². The molecule has 4 nitrogen and oxygen atoms in total. The lowest BCUT2D eigenvalue weighted by Gasteiger charge is -2.33. The summed E-state index contributed by atoms with van der Waals surface area (Å²) in [5.74, 6) is -1.52. The van der Waals surface area contributed by atoms with E-state index in [4.69, 9.17) is 14.6 Å². The van der Waals surface area contributed by atoms with Crippen molar-refractivity contribution in [3.8, 4) is 11.5 Å². The number of rotatable bonds is 4. The molecule has 0 aliphatic carbocycles. The van der Waals surface area contributed by atoms with Crippen molar-refractivity contribution in [3.05, 3.63) is 35.2 Å². The molecular formula is C19H23FO4. The molecule has 1 aromatic rings. The average molecular weight is 334 g/mol. The van der Waals surface area contributed by atoms with Crippen LogP contribution in [0, 0.1) is 5.92 Å². The minimum atomic E-state index is -1.59. The molecule has 2 rings (SSSR count). The maximum atomic E-state index is 13.9. The quantitative estimate of drug-likeness (QED) is 0.812. The molecule has 0 saturated carbocycles. The van der Waals surface area contributed by atoms with Gasteiger partial charge in [-0.05, 0) is 44.4 Å². The van der Waals surface area contributed by atoms with Gasteiger partial charge in [-0.2, -0.15) is 4.39 Å². The zero-order chi connectivity index (χ0) is 18.2. The van der Waals surface area contributed by atoms with Crippen molar-refractivity contribution in [3.63, 3.8) is 0 Å². The van der Waals surface area contributed by atoms with Gasteiger partial charge in [-0.15, -0.1) is 0 Å². The van der Waals surface area contributed by atoms with E-state index in [0.29, 0.717) is 17.1 Å². The number of fused-ring (bicyclic) bond motifs is 1. The maximum Gasteiger partial charge on any atom is 0.365 e. The van der Waals surface area contributed by atoms with Crippen LogP contribution >= 0.6 is 0 Å². The lowest BCUT2D eigenvalue weighted by molar-refractivity contribution is -0.134. The fourth-order valence-electron chi connectivity index (χ4n) is 2.85. The molecule has 5 heteroatoms. The van der Waals surface area contributed by atoms with Crippen LogP contribution in [-0.4, -0.2) is 23.8 Å². The molecule has 0 atom stereocenters. The van der Waals surface area contributed by atoms with Gasteiger partial charge in [0.1, 0.15) is 17.1 Å². The van der Waals surface area contributed by atoms with Gasteiger partial charge in [-0.1, -0.05) is 13.8 Å². The molecule has 0 fully saturated rings. The van der Waals surface area contributed by atoms with E-state index in [-0.39, 0.29) is 11.5 Å². The molecule has 0 amide bonds. The Morgan fingerprint density at radius 1 is 1.33 bits per heavy atom. The van der Waals surface area contributed by atoms with Crippen LogP contribution in [0.3, 0.4) is 0 Å². The molecule has 0 bridgehead atoms. The van der Waals surface area contributed by atoms with Crippen LogP contribution in [0.2, 0.25) is 0 Å². The van der Waals surface area contributed by atoms with Crippen LogP contribution in [0.4, 0.5) is 4.39 Å². The van der Waals surface area contributed by atoms with E-state index in [9.17, 15) is 9.18 Å². The number of hydrogen-bond acceptors (Lipinski definition) is 3. The molecule has 0 radical (unpaired) electrons. The summed E-state index contributed by atoms with van der Waals surface area (Å²) in [6, 6.07) is 3.44. The number of ether oxygens (including phenoxy) is 2. The van der Waals surface area contributed by atoms with Gasteiger partial charge in [0.15, 0.2) is 0 Å². The molecule has 0 unspecified atom stereocenters. The summed E-state index contributed by atoms with van der Waals surface area (Å²) in [4.78, 5) is 11.0. The Labute approximate surface area is 141 Å². The van der Waals surface area contributed by atoms with Gasteiger partial charge in [0.25, 0.3) is 0 Å². The number of carboxylic acid groups (broad SMARTS) is 1. The van der Waals surface area contributed by atoms with E-state index in [2.05, 4.69) is 13.8 Å². The van der Waals surface area contributed by atoms with Crippen LogP contribution in [0.15, 0.2) is 24.0 Å². The number of carboxylic acids is 1. The number of aliphatic carboxylic acids is 1. The third-order valence-electron chi connectivity index (χ3n) is 4.03. The molecule has 130 valence electrons. The molecule has 24 heavy (non-hydrogen) atoms. The lowest BCUT2D eigenvalue weighted by atomic mass is 9.86. The molecule has 0 aromatic heterocycles. The van der Waals surface area contributed by atoms with Gasteiger partial charge >= 0.3 is 5.97 Å². The monoisotopic (exact) mass is 334 g/mol. The van der Waals surface area contributed by atoms with Crippen molar-refractivity contribution in [1.82, 2.24) is 0 Å². The third kappa shape index (κ3) is 3.30. The van der Waals surface area contributed by atoms with Gasteiger partial charge in [0.2, 0.25) is 5.83 Å². The summed E-state index contributed by atoms with van der Waals surface area (Å²) in [6.45, 7) is 9.50. The number of halogens is 1. The Kier molecular flexibility index (Phi) is 4.74. The van der Waals surface area contributed by atoms with Gasteiger partial charge in [0, 0.05) is 22.8 Å². The van der Waals surface area contributed by atoms with E-state index in [1.807, 2.05) is 19.9 Å². The zero-order valence-corrected chi connectivity index (χ0v) is 14.9. The molecule has 0 saturated heterocycles. The Bertz CT molecular complexity index is 742. The molecule has 1 N–H and O–H groups in total. The number of hydrogen-bond donors (Lipinski definition) is 1. The summed E-state index contributed by atoms with van der Waals surface area (Å²) < 4.78 is 25.2. The molecule has 0 spiro atoms. The summed E-state index contributed by atoms with van der Waals surface area (Å²) in [5.41, 5.74) is 1.88. The largest absolute Gasteiger partial charge is 0.496 e. The Morgan fingerprint density at radius 3 is 2.46 bits per heavy atom. The highest BCUT2D eigenvalue weighted by Crippen LogP contribution is 2.44. The second-order valence-electron chi connectivity index (χ2n) is 6.75. The lowest BCUT2D eigenvalue weighted by Crippen LogP contribution is -2.29. The number of methoxy groups -OCH3 is 1. The van der Waals surface area contributed by atoms with Crippen LogP contribution in [-0.2, 0) is 4.79 Å². The van der Waals surface area contributed by atoms with E-state index < -0.39 is 17.4 Å². The van der Waals surface area contributed by atoms with Crippen LogP contribution < -0.4 is 9.47 Å². The molecular weight excluding hydrogens is 311 g/mol. The highest BCUT2D eigenvalue weighted by atomic mass is 19.1. The average Bonchev–Trinajstić information content (AvgIpc) is 2.50. The summed E-state index contributed by atoms with van der Waals surface area (Å²) in [7, 11) is 1.46. The smallest absolute Gasteiger partial charge is 0.365 e. The normalized spacial score (nSPS) is 16.8. The molecule has 1 aliphatic heterocycles. The van der Waals surface area contributed by atoms with Crippen molar-refractivity contribution >= 4 is 17.1 Å². The van der Waals surface area contributed by atoms with E-state index in [1.54, 1.807) is 12.1 Å². The van der Waals surface area contributed by atoms with Gasteiger partial charge in [0.05, 0.1) is 7.11 Å². The Balaban J connectivity index is 2.73. The molecule has 1 heterocycles. The van der Waals surface area contributed by atoms with E-state index >= 15 is 0 Å². The second kappa shape index (κ2) is 6.30. The van der Waals surface area contributed by atoms with Gasteiger partial charge < -0.3 is 14.6 Å². The van der Waals surface area contributed by atoms with Gasteiger partial charge in [-0.3, -0.25) is 0 Å². The van der Waals surface area contributed by atoms with Crippen molar-refractivity contribution < 1.29 is 23.8 Å². The van der Waals surface area contributed by atoms with E-state index in [1.165, 1.54) is 14.0 Å². The van der Waals surface area contributed by atoms with Crippen molar-refractivity contribution in [2.24, 2.45) is 5.92 Å². The second-order valence-corrected chi connectivity index (χ2v) is 6.75. The summed E-state index contributed by atoms with van der Waals surface area (Å²) in [6.07, 6.45) is 2.04. The summed E-state index contributed by atoms with van der Waals surface area (Å²) >= 11 is 0. The first kappa shape index (κ1) is 18.0.